The molecule has 4 aromatic heterocycles. The van der Waals surface area contributed by atoms with Crippen LogP contribution in [-0.2, 0) is 0 Å². The number of para-hydroxylation sites is 1. The minimum absolute atomic E-state index is 0.465. The summed E-state index contributed by atoms with van der Waals surface area (Å²) in [6, 6.07) is 63.6. The summed E-state index contributed by atoms with van der Waals surface area (Å²) in [4.78, 5) is 4.63. The summed E-state index contributed by atoms with van der Waals surface area (Å²) in [6.07, 6.45) is 0. The van der Waals surface area contributed by atoms with Crippen LogP contribution in [0.5, 0.6) is 0 Å². The Labute approximate surface area is 362 Å². The van der Waals surface area contributed by atoms with Gasteiger partial charge in [0.15, 0.2) is 0 Å². The molecule has 4 nitrogen and oxygen atoms in total. The lowest BCUT2D eigenvalue weighted by Gasteiger charge is -2.24. The van der Waals surface area contributed by atoms with Crippen molar-refractivity contribution in [2.45, 2.75) is 0 Å². The molecule has 0 spiro atoms. The minimum Gasteiger partial charge on any atom is -0.456 e. The quantitative estimate of drug-likeness (QED) is 0.166. The molecule has 0 radical (unpaired) electrons. The Balaban J connectivity index is 1.31. The van der Waals surface area contributed by atoms with Crippen molar-refractivity contribution in [2.24, 2.45) is 0 Å². The van der Waals surface area contributed by atoms with Crippen molar-refractivity contribution >= 4 is 112 Å². The van der Waals surface area contributed by atoms with Crippen LogP contribution >= 0.6 is 22.7 Å². The van der Waals surface area contributed by atoms with E-state index in [9.17, 15) is 11.8 Å². The molecule has 0 amide bonds. The number of aromatic nitrogens is 1. The van der Waals surface area contributed by atoms with Crippen molar-refractivity contribution in [1.82, 2.24) is 4.57 Å². The van der Waals surface area contributed by atoms with Crippen LogP contribution in [0.25, 0.3) is 128 Å². The summed E-state index contributed by atoms with van der Waals surface area (Å²) < 4.78 is 13.6. The van der Waals surface area contributed by atoms with Gasteiger partial charge in [-0.05, 0) is 58.1 Å². The second-order valence-corrected chi connectivity index (χ2v) is 17.8. The van der Waals surface area contributed by atoms with E-state index in [0.717, 1.165) is 91.7 Å². The first-order chi connectivity index (χ1) is 30.7. The topological polar surface area (TPSA) is 46.2 Å². The number of thiophene rings is 2. The predicted molar refractivity (Wildman–Crippen MR) is 261 cm³/mol. The molecular weight excluding hydrogens is 795 g/mol. The summed E-state index contributed by atoms with van der Waals surface area (Å²) in [6.45, 7) is 9.40. The van der Waals surface area contributed by atoms with Crippen molar-refractivity contribution in [3.63, 3.8) is 0 Å². The van der Waals surface area contributed by atoms with Crippen molar-refractivity contribution in [3.8, 4) is 45.1 Å². The average Bonchev–Trinajstić information content (AvgIpc) is 4.09. The van der Waals surface area contributed by atoms with Gasteiger partial charge in [-0.3, -0.25) is 0 Å². The molecule has 0 bridgehead atoms. The highest BCUT2D eigenvalue weighted by Gasteiger charge is 2.32. The molecule has 0 unspecified atom stereocenters. The number of nitriles is 1. The summed E-state index contributed by atoms with van der Waals surface area (Å²) in [5.41, 5.74) is 9.91. The first-order valence-corrected chi connectivity index (χ1v) is 22.1. The summed E-state index contributed by atoms with van der Waals surface area (Å²) in [5.74, 6) is 0. The van der Waals surface area contributed by atoms with Gasteiger partial charge >= 0.3 is 0 Å². The number of fused-ring (bicyclic) bond motifs is 14. The Morgan fingerprint density at radius 2 is 0.968 bits per heavy atom. The van der Waals surface area contributed by atoms with Gasteiger partial charge in [-0.1, -0.05) is 146 Å². The van der Waals surface area contributed by atoms with Gasteiger partial charge in [0, 0.05) is 58.1 Å². The van der Waals surface area contributed by atoms with E-state index in [-0.39, 0.29) is 0 Å². The fourth-order valence-electron chi connectivity index (χ4n) is 9.87. The maximum atomic E-state index is 11.8. The summed E-state index contributed by atoms with van der Waals surface area (Å²) >= 11 is 3.56. The Morgan fingerprint density at radius 1 is 0.468 bits per heavy atom. The molecule has 4 heterocycles. The van der Waals surface area contributed by atoms with Gasteiger partial charge in [0.25, 0.3) is 0 Å². The van der Waals surface area contributed by atoms with Gasteiger partial charge in [0.2, 0.25) is 5.69 Å². The van der Waals surface area contributed by atoms with E-state index in [1.54, 1.807) is 22.7 Å². The maximum absolute atomic E-state index is 11.8. The molecule has 0 saturated carbocycles. The average molecular weight is 824 g/mol. The Bertz CT molecular complexity index is 3990. The number of hydrogen-bond donors (Lipinski definition) is 0. The molecule has 6 heteroatoms. The monoisotopic (exact) mass is 823 g/mol. The maximum Gasteiger partial charge on any atom is 0.219 e. The number of rotatable bonds is 4. The van der Waals surface area contributed by atoms with Crippen LogP contribution in [0.2, 0.25) is 0 Å². The van der Waals surface area contributed by atoms with Crippen LogP contribution in [0.15, 0.2) is 180 Å². The SMILES string of the molecule is [C-]#[N+]c1c(-c2ccc3c(c2)oc2ccccc23)c(-c2ccccc2)c(C#N)c(-c2ccccc2)c1-n1c2c(ccc3c4ccccc4sc32)c2ccc3c4ccccc4sc3c21. The lowest BCUT2D eigenvalue weighted by atomic mass is 9.83. The standard InChI is InChI=1S/C56H29N3OS2/c1-58-51-50(34-24-25-36-35-18-8-11-21-44(35)60-45(36)30-34)48(32-14-4-2-5-15-32)43(31-57)49(33-16-6-3-7-17-33)54(51)59-52-39(26-28-41-37-19-9-12-22-46(37)61-55(41)52)40-27-29-42-38-20-10-13-23-47(38)62-56(42)53(40)59/h2-30H. The Morgan fingerprint density at radius 3 is 1.56 bits per heavy atom. The van der Waals surface area contributed by atoms with Crippen LogP contribution < -0.4 is 0 Å². The van der Waals surface area contributed by atoms with Gasteiger partial charge < -0.3 is 8.98 Å². The molecule has 0 aliphatic heterocycles. The number of furan rings is 1. The third-order valence-corrected chi connectivity index (χ3v) is 14.9. The zero-order valence-corrected chi connectivity index (χ0v) is 34.4. The molecular formula is C56H29N3OS2. The van der Waals surface area contributed by atoms with E-state index in [1.165, 1.54) is 20.2 Å². The second-order valence-electron chi connectivity index (χ2n) is 15.7. The van der Waals surface area contributed by atoms with E-state index in [2.05, 4.69) is 125 Å². The van der Waals surface area contributed by atoms with Gasteiger partial charge in [-0.2, -0.15) is 5.26 Å². The van der Waals surface area contributed by atoms with E-state index < -0.39 is 0 Å². The zero-order valence-electron chi connectivity index (χ0n) is 32.8. The largest absolute Gasteiger partial charge is 0.456 e. The molecule has 0 aliphatic rings. The minimum atomic E-state index is 0.465. The van der Waals surface area contributed by atoms with Crippen molar-refractivity contribution in [1.29, 1.82) is 5.26 Å². The van der Waals surface area contributed by atoms with Gasteiger partial charge in [-0.25, -0.2) is 4.85 Å². The molecule has 9 aromatic carbocycles. The lowest BCUT2D eigenvalue weighted by Crippen LogP contribution is -2.04. The predicted octanol–water partition coefficient (Wildman–Crippen LogP) is 16.8. The summed E-state index contributed by atoms with van der Waals surface area (Å²) in [7, 11) is 0. The van der Waals surface area contributed by atoms with Crippen molar-refractivity contribution in [3.05, 3.63) is 193 Å². The third-order valence-electron chi connectivity index (χ3n) is 12.5. The van der Waals surface area contributed by atoms with Gasteiger partial charge in [0.1, 0.15) is 17.2 Å². The van der Waals surface area contributed by atoms with E-state index in [4.69, 9.17) is 4.42 Å². The zero-order chi connectivity index (χ0) is 41.1. The van der Waals surface area contributed by atoms with E-state index in [1.807, 2.05) is 66.7 Å². The van der Waals surface area contributed by atoms with Gasteiger partial charge in [-0.15, -0.1) is 22.7 Å². The summed E-state index contributed by atoms with van der Waals surface area (Å²) in [5, 5.41) is 20.7. The molecule has 0 N–H and O–H groups in total. The first-order valence-electron chi connectivity index (χ1n) is 20.4. The normalized spacial score (nSPS) is 11.8. The highest BCUT2D eigenvalue weighted by molar-refractivity contribution is 7.27. The van der Waals surface area contributed by atoms with Gasteiger partial charge in [0.05, 0.1) is 38.3 Å². The first kappa shape index (κ1) is 34.8. The molecule has 62 heavy (non-hydrogen) atoms. The second kappa shape index (κ2) is 13.3. The third kappa shape index (κ3) is 4.79. The molecule has 0 fully saturated rings. The fraction of sp³-hybridized carbons (Fsp3) is 0. The van der Waals surface area contributed by atoms with Crippen LogP contribution in [0, 0.1) is 17.9 Å². The van der Waals surface area contributed by atoms with Crippen LogP contribution in [0.3, 0.4) is 0 Å². The molecule has 13 aromatic rings. The van der Waals surface area contributed by atoms with Crippen LogP contribution in [0.1, 0.15) is 5.56 Å². The van der Waals surface area contributed by atoms with E-state index in [0.29, 0.717) is 22.5 Å². The lowest BCUT2D eigenvalue weighted by molar-refractivity contribution is 0.669. The molecule has 13 rings (SSSR count). The van der Waals surface area contributed by atoms with E-state index >= 15 is 0 Å². The van der Waals surface area contributed by atoms with Crippen molar-refractivity contribution in [2.75, 3.05) is 0 Å². The highest BCUT2D eigenvalue weighted by atomic mass is 32.1. The molecule has 286 valence electrons. The van der Waals surface area contributed by atoms with Crippen LogP contribution in [-0.4, -0.2) is 4.57 Å². The highest BCUT2D eigenvalue weighted by Crippen LogP contribution is 2.55. The number of benzene rings is 9. The smallest absolute Gasteiger partial charge is 0.219 e. The number of nitrogens with zero attached hydrogens (tertiary/aromatic N) is 3. The molecule has 0 saturated heterocycles. The fourth-order valence-corrected chi connectivity index (χ4v) is 12.3. The number of hydrogen-bond acceptors (Lipinski definition) is 4. The Hall–Kier alpha value is -8.00. The van der Waals surface area contributed by atoms with Crippen LogP contribution in [0.4, 0.5) is 5.69 Å². The Kier molecular flexibility index (Phi) is 7.44. The van der Waals surface area contributed by atoms with Crippen molar-refractivity contribution < 1.29 is 4.42 Å². The molecule has 0 atom stereocenters. The molecule has 0 aliphatic carbocycles.